The second kappa shape index (κ2) is 6.95. The summed E-state index contributed by atoms with van der Waals surface area (Å²) in [4.78, 5) is 19.5. The summed E-state index contributed by atoms with van der Waals surface area (Å²) in [5.74, 6) is -0.191. The van der Waals surface area contributed by atoms with Crippen LogP contribution < -0.4 is 5.32 Å². The fourth-order valence-electron chi connectivity index (χ4n) is 4.59. The third kappa shape index (κ3) is 3.20. The Morgan fingerprint density at radius 2 is 2.08 bits per heavy atom. The Bertz CT molecular complexity index is 792. The Balaban J connectivity index is 1.55. The lowest BCUT2D eigenvalue weighted by molar-refractivity contribution is 0.0463. The van der Waals surface area contributed by atoms with Crippen LogP contribution >= 0.6 is 0 Å². The van der Waals surface area contributed by atoms with Crippen LogP contribution in [0.25, 0.3) is 11.0 Å². The van der Waals surface area contributed by atoms with Gasteiger partial charge in [-0.05, 0) is 44.9 Å². The van der Waals surface area contributed by atoms with Gasteiger partial charge in [-0.1, -0.05) is 6.42 Å². The number of rotatable bonds is 4. The first-order valence-electron chi connectivity index (χ1n) is 9.27. The van der Waals surface area contributed by atoms with Crippen LogP contribution in [0.15, 0.2) is 24.5 Å². The summed E-state index contributed by atoms with van der Waals surface area (Å²) in [5.41, 5.74) is 0.857. The predicted octanol–water partition coefficient (Wildman–Crippen LogP) is 3.05. The van der Waals surface area contributed by atoms with Crippen molar-refractivity contribution in [3.63, 3.8) is 0 Å². The molecule has 2 saturated heterocycles. The quantitative estimate of drug-likeness (QED) is 0.910. The van der Waals surface area contributed by atoms with E-state index in [-0.39, 0.29) is 11.9 Å². The molecule has 2 atom stereocenters. The maximum absolute atomic E-state index is 12.9. The Kier molecular flexibility index (Phi) is 4.65. The molecular weight excluding hydrogens is 338 g/mol. The van der Waals surface area contributed by atoms with E-state index in [0.29, 0.717) is 28.7 Å². The van der Waals surface area contributed by atoms with Crippen molar-refractivity contribution in [2.24, 2.45) is 0 Å². The molecule has 7 heteroatoms. The Morgan fingerprint density at radius 1 is 1.35 bits per heavy atom. The fourth-order valence-corrected chi connectivity index (χ4v) is 4.59. The molecule has 2 aromatic heterocycles. The summed E-state index contributed by atoms with van der Waals surface area (Å²) in [6, 6.07) is 4.68. The molecule has 0 aromatic carbocycles. The van der Waals surface area contributed by atoms with E-state index in [1.165, 1.54) is 30.0 Å². The van der Waals surface area contributed by atoms with Crippen LogP contribution in [0.2, 0.25) is 0 Å². The topological polar surface area (TPSA) is 50.2 Å². The number of halogens is 2. The number of aromatic nitrogens is 2. The number of hydrogen-bond acceptors (Lipinski definition) is 3. The van der Waals surface area contributed by atoms with Gasteiger partial charge in [0.05, 0.1) is 12.1 Å². The second-order valence-corrected chi connectivity index (χ2v) is 7.51. The van der Waals surface area contributed by atoms with Crippen LogP contribution in [-0.4, -0.2) is 52.0 Å². The summed E-state index contributed by atoms with van der Waals surface area (Å²) >= 11 is 0. The lowest BCUT2D eigenvalue weighted by Gasteiger charge is -2.47. The van der Waals surface area contributed by atoms with Gasteiger partial charge < -0.3 is 14.8 Å². The molecule has 26 heavy (non-hydrogen) atoms. The molecule has 2 fully saturated rings. The molecule has 2 bridgehead atoms. The highest BCUT2D eigenvalue weighted by Crippen LogP contribution is 2.33. The number of piperidine rings is 2. The molecule has 4 rings (SSSR count). The average molecular weight is 362 g/mol. The van der Waals surface area contributed by atoms with Crippen molar-refractivity contribution < 1.29 is 13.6 Å². The number of alkyl halides is 2. The van der Waals surface area contributed by atoms with E-state index in [0.717, 1.165) is 12.8 Å². The van der Waals surface area contributed by atoms with Crippen LogP contribution in [0.5, 0.6) is 0 Å². The van der Waals surface area contributed by atoms with Crippen LogP contribution in [0.1, 0.15) is 42.5 Å². The third-order valence-corrected chi connectivity index (χ3v) is 5.89. The Morgan fingerprint density at radius 3 is 2.77 bits per heavy atom. The van der Waals surface area contributed by atoms with E-state index < -0.39 is 13.0 Å². The summed E-state index contributed by atoms with van der Waals surface area (Å²) < 4.78 is 27.1. The van der Waals surface area contributed by atoms with Gasteiger partial charge in [0, 0.05) is 35.9 Å². The normalized spacial score (nSPS) is 26.4. The molecule has 2 unspecified atom stereocenters. The zero-order valence-electron chi connectivity index (χ0n) is 14.9. The number of nitrogens with zero attached hydrogens (tertiary/aromatic N) is 3. The zero-order chi connectivity index (χ0) is 18.3. The number of pyridine rings is 1. The lowest BCUT2D eigenvalue weighted by atomic mass is 9.82. The van der Waals surface area contributed by atoms with Gasteiger partial charge in [0.25, 0.3) is 12.3 Å². The molecular formula is C19H24F2N4O. The van der Waals surface area contributed by atoms with E-state index >= 15 is 0 Å². The van der Waals surface area contributed by atoms with Crippen LogP contribution in [0.4, 0.5) is 8.78 Å². The smallest absolute Gasteiger partial charge is 0.256 e. The van der Waals surface area contributed by atoms with Gasteiger partial charge in [0.1, 0.15) is 5.65 Å². The number of fused-ring (bicyclic) bond motifs is 3. The molecule has 0 saturated carbocycles. The predicted molar refractivity (Wildman–Crippen MR) is 95.4 cm³/mol. The summed E-state index contributed by atoms with van der Waals surface area (Å²) in [7, 11) is 2.18. The van der Waals surface area contributed by atoms with Gasteiger partial charge in [0.15, 0.2) is 0 Å². The molecule has 1 N–H and O–H groups in total. The number of carbonyl (C=O) groups excluding carboxylic acids is 1. The van der Waals surface area contributed by atoms with Crippen molar-refractivity contribution in [3.05, 3.63) is 30.1 Å². The first-order valence-corrected chi connectivity index (χ1v) is 9.27. The molecule has 4 heterocycles. The van der Waals surface area contributed by atoms with E-state index in [2.05, 4.69) is 22.2 Å². The van der Waals surface area contributed by atoms with Crippen molar-refractivity contribution in [1.82, 2.24) is 19.8 Å². The first kappa shape index (κ1) is 17.4. The summed E-state index contributed by atoms with van der Waals surface area (Å²) in [5, 5.41) is 3.77. The first-order chi connectivity index (χ1) is 12.5. The van der Waals surface area contributed by atoms with Crippen molar-refractivity contribution >= 4 is 16.9 Å². The van der Waals surface area contributed by atoms with E-state index in [9.17, 15) is 13.6 Å². The molecule has 1 amide bonds. The third-order valence-electron chi connectivity index (χ3n) is 5.89. The van der Waals surface area contributed by atoms with Crippen molar-refractivity contribution in [3.8, 4) is 0 Å². The molecule has 0 radical (unpaired) electrons. The highest BCUT2D eigenvalue weighted by atomic mass is 19.3. The Hall–Kier alpha value is -2.02. The lowest BCUT2D eigenvalue weighted by Crippen LogP contribution is -2.55. The molecule has 0 spiro atoms. The van der Waals surface area contributed by atoms with Crippen molar-refractivity contribution in [2.75, 3.05) is 7.05 Å². The number of amides is 1. The second-order valence-electron chi connectivity index (χ2n) is 7.51. The minimum atomic E-state index is -2.49. The minimum Gasteiger partial charge on any atom is -0.349 e. The summed E-state index contributed by atoms with van der Waals surface area (Å²) in [6.07, 6.45) is 6.09. The van der Waals surface area contributed by atoms with Gasteiger partial charge >= 0.3 is 0 Å². The highest BCUT2D eigenvalue weighted by molar-refractivity contribution is 6.06. The van der Waals surface area contributed by atoms with Gasteiger partial charge in [-0.15, -0.1) is 0 Å². The molecule has 2 aliphatic rings. The van der Waals surface area contributed by atoms with E-state index in [1.807, 2.05) is 0 Å². The number of hydrogen-bond donors (Lipinski definition) is 1. The minimum absolute atomic E-state index is 0.138. The standard InChI is InChI=1S/C19H24F2N4O/c1-24-13-4-2-5-14(24)9-12(8-13)23-19(26)16-10-25(11-17(20)21)18-15(16)6-3-7-22-18/h3,6-7,10,12-14,17H,2,4-5,8-9,11H2,1H3,(H,23,26). The highest BCUT2D eigenvalue weighted by Gasteiger charge is 2.36. The van der Waals surface area contributed by atoms with Gasteiger partial charge in [-0.2, -0.15) is 0 Å². The van der Waals surface area contributed by atoms with Crippen LogP contribution in [-0.2, 0) is 6.54 Å². The molecule has 5 nitrogen and oxygen atoms in total. The SMILES string of the molecule is CN1C2CCCC1CC(NC(=O)c1cn(CC(F)F)c3ncccc13)C2. The Labute approximate surface area is 151 Å². The fraction of sp³-hybridized carbons (Fsp3) is 0.579. The van der Waals surface area contributed by atoms with Gasteiger partial charge in [0.2, 0.25) is 0 Å². The van der Waals surface area contributed by atoms with Crippen LogP contribution in [0.3, 0.4) is 0 Å². The maximum atomic E-state index is 12.9. The summed E-state index contributed by atoms with van der Waals surface area (Å²) in [6.45, 7) is -0.459. The van der Waals surface area contributed by atoms with Crippen LogP contribution in [0, 0.1) is 0 Å². The molecule has 140 valence electrons. The maximum Gasteiger partial charge on any atom is 0.256 e. The number of carbonyl (C=O) groups is 1. The van der Waals surface area contributed by atoms with Gasteiger partial charge in [-0.3, -0.25) is 4.79 Å². The van der Waals surface area contributed by atoms with E-state index in [1.54, 1.807) is 18.3 Å². The van der Waals surface area contributed by atoms with Crippen molar-refractivity contribution in [2.45, 2.75) is 63.2 Å². The van der Waals surface area contributed by atoms with Crippen molar-refractivity contribution in [1.29, 1.82) is 0 Å². The molecule has 2 aromatic rings. The largest absolute Gasteiger partial charge is 0.349 e. The molecule has 0 aliphatic carbocycles. The monoisotopic (exact) mass is 362 g/mol. The van der Waals surface area contributed by atoms with Gasteiger partial charge in [-0.25, -0.2) is 13.8 Å². The zero-order valence-corrected chi connectivity index (χ0v) is 14.9. The average Bonchev–Trinajstić information content (AvgIpc) is 2.94. The van der Waals surface area contributed by atoms with E-state index in [4.69, 9.17) is 0 Å². The molecule has 2 aliphatic heterocycles. The number of nitrogens with one attached hydrogen (secondary N) is 1.